The zero-order valence-corrected chi connectivity index (χ0v) is 9.45. The smallest absolute Gasteiger partial charge is 0.239 e. The predicted molar refractivity (Wildman–Crippen MR) is 60.4 cm³/mol. The molecule has 0 aromatic carbocycles. The van der Waals surface area contributed by atoms with Gasteiger partial charge in [-0.1, -0.05) is 19.3 Å². The van der Waals surface area contributed by atoms with E-state index in [1.165, 1.54) is 32.1 Å². The molecule has 2 rings (SSSR count). The van der Waals surface area contributed by atoms with Gasteiger partial charge in [0.1, 0.15) is 0 Å². The Morgan fingerprint density at radius 1 is 1.13 bits per heavy atom. The maximum absolute atomic E-state index is 11.8. The summed E-state index contributed by atoms with van der Waals surface area (Å²) in [7, 11) is 0. The van der Waals surface area contributed by atoms with Gasteiger partial charge in [-0.15, -0.1) is 0 Å². The van der Waals surface area contributed by atoms with Crippen LogP contribution in [0.15, 0.2) is 0 Å². The fourth-order valence-corrected chi connectivity index (χ4v) is 2.83. The normalized spacial score (nSPS) is 29.5. The van der Waals surface area contributed by atoms with Crippen LogP contribution in [0.25, 0.3) is 0 Å². The van der Waals surface area contributed by atoms with Crippen LogP contribution < -0.4 is 5.73 Å². The van der Waals surface area contributed by atoms with Crippen molar-refractivity contribution in [2.24, 2.45) is 11.7 Å². The van der Waals surface area contributed by atoms with Gasteiger partial charge in [-0.3, -0.25) is 4.79 Å². The summed E-state index contributed by atoms with van der Waals surface area (Å²) in [4.78, 5) is 13.8. The molecule has 1 aliphatic heterocycles. The molecule has 2 fully saturated rings. The molecule has 1 saturated carbocycles. The van der Waals surface area contributed by atoms with Crippen molar-refractivity contribution >= 4 is 5.91 Å². The van der Waals surface area contributed by atoms with Crippen molar-refractivity contribution in [1.82, 2.24) is 4.90 Å². The van der Waals surface area contributed by atoms with E-state index in [-0.39, 0.29) is 11.9 Å². The lowest BCUT2D eigenvalue weighted by Gasteiger charge is -2.34. The van der Waals surface area contributed by atoms with E-state index in [2.05, 4.69) is 0 Å². The second-order valence-corrected chi connectivity index (χ2v) is 5.04. The number of rotatable bonds is 2. The van der Waals surface area contributed by atoms with Crippen LogP contribution in [0, 0.1) is 5.92 Å². The molecule has 0 unspecified atom stereocenters. The summed E-state index contributed by atoms with van der Waals surface area (Å²) in [5.41, 5.74) is 5.78. The number of nitrogens with zero attached hydrogens (tertiary/aromatic N) is 1. The first kappa shape index (κ1) is 10.9. The van der Waals surface area contributed by atoms with Gasteiger partial charge in [0.2, 0.25) is 5.91 Å². The first-order chi connectivity index (χ1) is 7.27. The van der Waals surface area contributed by atoms with E-state index in [1.54, 1.807) is 0 Å². The number of amides is 1. The quantitative estimate of drug-likeness (QED) is 0.751. The van der Waals surface area contributed by atoms with E-state index in [9.17, 15) is 4.79 Å². The largest absolute Gasteiger partial charge is 0.341 e. The molecule has 1 amide bonds. The SMILES string of the molecule is N[C@@H]1CCCN(CC2CCCCC2)C1=O. The second-order valence-electron chi connectivity index (χ2n) is 5.04. The van der Waals surface area contributed by atoms with Gasteiger partial charge in [0.05, 0.1) is 6.04 Å². The molecule has 0 spiro atoms. The Hall–Kier alpha value is -0.570. The predicted octanol–water partition coefficient (Wildman–Crippen LogP) is 1.52. The minimum absolute atomic E-state index is 0.187. The average Bonchev–Trinajstić information content (AvgIpc) is 2.26. The Morgan fingerprint density at radius 2 is 1.87 bits per heavy atom. The zero-order chi connectivity index (χ0) is 10.7. The van der Waals surface area contributed by atoms with Crippen molar-refractivity contribution in [3.63, 3.8) is 0 Å². The molecule has 2 aliphatic rings. The first-order valence-corrected chi connectivity index (χ1v) is 6.32. The number of hydrogen-bond donors (Lipinski definition) is 1. The lowest BCUT2D eigenvalue weighted by Crippen LogP contribution is -2.49. The Bertz CT molecular complexity index is 224. The molecule has 15 heavy (non-hydrogen) atoms. The van der Waals surface area contributed by atoms with Crippen molar-refractivity contribution in [1.29, 1.82) is 0 Å². The highest BCUT2D eigenvalue weighted by Crippen LogP contribution is 2.25. The molecule has 3 heteroatoms. The Morgan fingerprint density at radius 3 is 2.60 bits per heavy atom. The maximum Gasteiger partial charge on any atom is 0.239 e. The summed E-state index contributed by atoms with van der Waals surface area (Å²) in [5, 5.41) is 0. The van der Waals surface area contributed by atoms with Gasteiger partial charge in [-0.25, -0.2) is 0 Å². The highest BCUT2D eigenvalue weighted by Gasteiger charge is 2.27. The molecular weight excluding hydrogens is 188 g/mol. The van der Waals surface area contributed by atoms with Gasteiger partial charge in [-0.05, 0) is 31.6 Å². The van der Waals surface area contributed by atoms with E-state index in [1.807, 2.05) is 4.90 Å². The Kier molecular flexibility index (Phi) is 3.62. The minimum Gasteiger partial charge on any atom is -0.341 e. The summed E-state index contributed by atoms with van der Waals surface area (Å²) < 4.78 is 0. The average molecular weight is 210 g/mol. The van der Waals surface area contributed by atoms with Gasteiger partial charge in [0, 0.05) is 13.1 Å². The molecular formula is C12H22N2O. The molecule has 1 atom stereocenters. The first-order valence-electron chi connectivity index (χ1n) is 6.32. The van der Waals surface area contributed by atoms with Crippen molar-refractivity contribution in [2.75, 3.05) is 13.1 Å². The summed E-state index contributed by atoms with van der Waals surface area (Å²) in [6, 6.07) is -0.220. The van der Waals surface area contributed by atoms with E-state index >= 15 is 0 Å². The van der Waals surface area contributed by atoms with Crippen molar-refractivity contribution in [3.05, 3.63) is 0 Å². The van der Waals surface area contributed by atoms with Gasteiger partial charge in [-0.2, -0.15) is 0 Å². The Balaban J connectivity index is 1.84. The highest BCUT2D eigenvalue weighted by atomic mass is 16.2. The molecule has 0 radical (unpaired) electrons. The van der Waals surface area contributed by atoms with Gasteiger partial charge >= 0.3 is 0 Å². The number of carbonyl (C=O) groups excluding carboxylic acids is 1. The van der Waals surface area contributed by atoms with Crippen LogP contribution in [0.4, 0.5) is 0 Å². The molecule has 1 heterocycles. The van der Waals surface area contributed by atoms with E-state index in [0.717, 1.165) is 31.8 Å². The fourth-order valence-electron chi connectivity index (χ4n) is 2.83. The van der Waals surface area contributed by atoms with Crippen LogP contribution in [0.1, 0.15) is 44.9 Å². The summed E-state index contributed by atoms with van der Waals surface area (Å²) in [5.74, 6) is 0.930. The van der Waals surface area contributed by atoms with Crippen molar-refractivity contribution in [3.8, 4) is 0 Å². The van der Waals surface area contributed by atoms with Crippen LogP contribution in [-0.2, 0) is 4.79 Å². The molecule has 86 valence electrons. The third-order valence-electron chi connectivity index (χ3n) is 3.78. The van der Waals surface area contributed by atoms with Gasteiger partial charge in [0.15, 0.2) is 0 Å². The van der Waals surface area contributed by atoms with E-state index in [0.29, 0.717) is 0 Å². The number of likely N-dealkylation sites (tertiary alicyclic amines) is 1. The van der Waals surface area contributed by atoms with Gasteiger partial charge in [0.25, 0.3) is 0 Å². The van der Waals surface area contributed by atoms with Crippen molar-refractivity contribution in [2.45, 2.75) is 51.0 Å². The standard InChI is InChI=1S/C12H22N2O/c13-11-7-4-8-14(12(11)15)9-10-5-2-1-3-6-10/h10-11H,1-9,13H2/t11-/m1/s1. The second kappa shape index (κ2) is 4.97. The zero-order valence-electron chi connectivity index (χ0n) is 9.45. The monoisotopic (exact) mass is 210 g/mol. The van der Waals surface area contributed by atoms with E-state index < -0.39 is 0 Å². The molecule has 1 aliphatic carbocycles. The lowest BCUT2D eigenvalue weighted by atomic mass is 9.88. The summed E-state index contributed by atoms with van der Waals surface area (Å²) in [6.07, 6.45) is 8.64. The molecule has 2 N–H and O–H groups in total. The summed E-state index contributed by atoms with van der Waals surface area (Å²) in [6.45, 7) is 1.90. The van der Waals surface area contributed by atoms with Crippen molar-refractivity contribution < 1.29 is 4.79 Å². The third kappa shape index (κ3) is 2.71. The van der Waals surface area contributed by atoms with Crippen LogP contribution in [-0.4, -0.2) is 29.9 Å². The number of carbonyl (C=O) groups is 1. The molecule has 0 aromatic rings. The van der Waals surface area contributed by atoms with Crippen LogP contribution in [0.2, 0.25) is 0 Å². The maximum atomic E-state index is 11.8. The summed E-state index contributed by atoms with van der Waals surface area (Å²) >= 11 is 0. The lowest BCUT2D eigenvalue weighted by molar-refractivity contribution is -0.135. The van der Waals surface area contributed by atoms with E-state index in [4.69, 9.17) is 5.73 Å². The Labute approximate surface area is 92.0 Å². The fraction of sp³-hybridized carbons (Fsp3) is 0.917. The van der Waals surface area contributed by atoms with Gasteiger partial charge < -0.3 is 10.6 Å². The number of hydrogen-bond acceptors (Lipinski definition) is 2. The highest BCUT2D eigenvalue weighted by molar-refractivity contribution is 5.82. The molecule has 1 saturated heterocycles. The topological polar surface area (TPSA) is 46.3 Å². The molecule has 3 nitrogen and oxygen atoms in total. The molecule has 0 bridgehead atoms. The number of piperidine rings is 1. The minimum atomic E-state index is -0.220. The molecule has 0 aromatic heterocycles. The van der Waals surface area contributed by atoms with Crippen LogP contribution in [0.3, 0.4) is 0 Å². The third-order valence-corrected chi connectivity index (χ3v) is 3.78. The van der Waals surface area contributed by atoms with Crippen LogP contribution in [0.5, 0.6) is 0 Å². The van der Waals surface area contributed by atoms with Crippen LogP contribution >= 0.6 is 0 Å². The number of nitrogens with two attached hydrogens (primary N) is 1.